The highest BCUT2D eigenvalue weighted by atomic mass is 16.5. The van der Waals surface area contributed by atoms with Gasteiger partial charge in [-0.1, -0.05) is 49.4 Å². The molecule has 3 rings (SSSR count). The van der Waals surface area contributed by atoms with Crippen molar-refractivity contribution < 1.29 is 19.1 Å². The Morgan fingerprint density at radius 1 is 0.857 bits per heavy atom. The number of hydrazone groups is 1. The molecule has 0 aliphatic heterocycles. The topological polar surface area (TPSA) is 109 Å². The molecule has 0 heterocycles. The van der Waals surface area contributed by atoms with Crippen LogP contribution >= 0.6 is 0 Å². The first-order chi connectivity index (χ1) is 16.9. The Morgan fingerprint density at radius 2 is 1.54 bits per heavy atom. The third kappa shape index (κ3) is 7.26. The molecule has 35 heavy (non-hydrogen) atoms. The lowest BCUT2D eigenvalue weighted by Gasteiger charge is -2.13. The van der Waals surface area contributed by atoms with Crippen molar-refractivity contribution in [2.45, 2.75) is 27.2 Å². The lowest BCUT2D eigenvalue weighted by Crippen LogP contribution is -2.32. The third-order valence-corrected chi connectivity index (χ3v) is 5.22. The van der Waals surface area contributed by atoms with Crippen LogP contribution in [0.15, 0.2) is 71.8 Å². The van der Waals surface area contributed by atoms with Gasteiger partial charge in [0.25, 0.3) is 5.91 Å². The minimum Gasteiger partial charge on any atom is -0.483 e. The van der Waals surface area contributed by atoms with E-state index in [1.54, 1.807) is 36.4 Å². The summed E-state index contributed by atoms with van der Waals surface area (Å²) in [6.07, 6.45) is 2.23. The molecule has 0 bridgehead atoms. The van der Waals surface area contributed by atoms with Crippen LogP contribution in [-0.2, 0) is 20.8 Å². The molecule has 0 saturated heterocycles. The van der Waals surface area contributed by atoms with Crippen molar-refractivity contribution in [3.8, 4) is 5.75 Å². The van der Waals surface area contributed by atoms with Crippen molar-refractivity contribution in [1.29, 1.82) is 0 Å². The molecule has 0 spiro atoms. The Balaban J connectivity index is 1.54. The van der Waals surface area contributed by atoms with Crippen molar-refractivity contribution in [3.05, 3.63) is 89.0 Å². The molecule has 3 aromatic carbocycles. The van der Waals surface area contributed by atoms with Crippen LogP contribution in [0.4, 0.5) is 11.4 Å². The van der Waals surface area contributed by atoms with Crippen LogP contribution in [-0.4, -0.2) is 30.5 Å². The van der Waals surface area contributed by atoms with E-state index in [-0.39, 0.29) is 12.5 Å². The second-order valence-electron chi connectivity index (χ2n) is 7.85. The van der Waals surface area contributed by atoms with Gasteiger partial charge in [-0.15, -0.1) is 0 Å². The molecule has 3 amide bonds. The van der Waals surface area contributed by atoms with Crippen molar-refractivity contribution >= 4 is 35.3 Å². The highest BCUT2D eigenvalue weighted by Crippen LogP contribution is 2.20. The Labute approximate surface area is 204 Å². The van der Waals surface area contributed by atoms with Crippen LogP contribution in [0, 0.1) is 13.8 Å². The number of rotatable bonds is 8. The molecule has 180 valence electrons. The van der Waals surface area contributed by atoms with Gasteiger partial charge in [-0.25, -0.2) is 5.43 Å². The Hall–Kier alpha value is -4.46. The lowest BCUT2D eigenvalue weighted by atomic mass is 10.1. The Bertz CT molecular complexity index is 1220. The van der Waals surface area contributed by atoms with Crippen LogP contribution in [0.25, 0.3) is 0 Å². The van der Waals surface area contributed by atoms with E-state index in [2.05, 4.69) is 21.2 Å². The van der Waals surface area contributed by atoms with Crippen LogP contribution in [0.5, 0.6) is 5.75 Å². The summed E-state index contributed by atoms with van der Waals surface area (Å²) < 4.78 is 5.66. The largest absolute Gasteiger partial charge is 0.483 e. The van der Waals surface area contributed by atoms with Gasteiger partial charge < -0.3 is 15.4 Å². The summed E-state index contributed by atoms with van der Waals surface area (Å²) in [7, 11) is 0. The fourth-order valence-electron chi connectivity index (χ4n) is 3.27. The molecule has 0 fully saturated rings. The summed E-state index contributed by atoms with van der Waals surface area (Å²) in [6.45, 7) is 5.67. The molecule has 0 saturated carbocycles. The Morgan fingerprint density at radius 3 is 2.23 bits per heavy atom. The molecule has 0 aromatic heterocycles. The van der Waals surface area contributed by atoms with Crippen LogP contribution in [0.1, 0.15) is 29.2 Å². The summed E-state index contributed by atoms with van der Waals surface area (Å²) in [4.78, 5) is 36.5. The zero-order valence-electron chi connectivity index (χ0n) is 19.9. The number of nitrogens with zero attached hydrogens (tertiary/aromatic N) is 1. The van der Waals surface area contributed by atoms with E-state index >= 15 is 0 Å². The zero-order valence-corrected chi connectivity index (χ0v) is 19.9. The molecule has 0 atom stereocenters. The standard InChI is InChI=1S/C27H28N4O4/c1-4-20-12-14-22(15-13-20)29-26(33)27(34)31-28-16-21-10-5-6-11-23(21)35-17-24(32)30-25-18(2)8-7-9-19(25)3/h5-16H,4,17H2,1-3H3,(H,29,33)(H,30,32)(H,31,34)/b28-16-. The Kier molecular flexibility index (Phi) is 8.72. The normalized spacial score (nSPS) is 10.6. The average molecular weight is 473 g/mol. The predicted molar refractivity (Wildman–Crippen MR) is 137 cm³/mol. The van der Waals surface area contributed by atoms with Crippen molar-refractivity contribution in [2.75, 3.05) is 17.2 Å². The number of hydrogen-bond acceptors (Lipinski definition) is 5. The third-order valence-electron chi connectivity index (χ3n) is 5.22. The number of nitrogens with one attached hydrogen (secondary N) is 3. The first-order valence-electron chi connectivity index (χ1n) is 11.2. The minimum absolute atomic E-state index is 0.204. The van der Waals surface area contributed by atoms with Gasteiger partial charge in [-0.05, 0) is 61.2 Å². The number of amides is 3. The zero-order chi connectivity index (χ0) is 25.2. The number of carbonyl (C=O) groups is 3. The molecular formula is C27H28N4O4. The van der Waals surface area contributed by atoms with Crippen LogP contribution < -0.4 is 20.8 Å². The first kappa shape index (κ1) is 25.2. The molecule has 8 heteroatoms. The fourth-order valence-corrected chi connectivity index (χ4v) is 3.27. The molecule has 8 nitrogen and oxygen atoms in total. The number of carbonyl (C=O) groups excluding carboxylic acids is 3. The van der Waals surface area contributed by atoms with E-state index in [4.69, 9.17) is 4.74 Å². The maximum Gasteiger partial charge on any atom is 0.329 e. The second kappa shape index (κ2) is 12.1. The van der Waals surface area contributed by atoms with Crippen molar-refractivity contribution in [1.82, 2.24) is 5.43 Å². The van der Waals surface area contributed by atoms with E-state index in [9.17, 15) is 14.4 Å². The highest BCUT2D eigenvalue weighted by Gasteiger charge is 2.13. The van der Waals surface area contributed by atoms with E-state index in [1.165, 1.54) is 6.21 Å². The highest BCUT2D eigenvalue weighted by molar-refractivity contribution is 6.39. The molecule has 0 aliphatic carbocycles. The van der Waals surface area contributed by atoms with E-state index in [0.29, 0.717) is 17.0 Å². The number of hydrogen-bond donors (Lipinski definition) is 3. The van der Waals surface area contributed by atoms with Gasteiger partial charge in [-0.2, -0.15) is 5.10 Å². The van der Waals surface area contributed by atoms with Gasteiger partial charge in [0, 0.05) is 16.9 Å². The van der Waals surface area contributed by atoms with Gasteiger partial charge in [0.2, 0.25) is 0 Å². The molecule has 3 aromatic rings. The van der Waals surface area contributed by atoms with Crippen LogP contribution in [0.3, 0.4) is 0 Å². The van der Waals surface area contributed by atoms with Crippen molar-refractivity contribution in [3.63, 3.8) is 0 Å². The SMILES string of the molecule is CCc1ccc(NC(=O)C(=O)N/N=C\c2ccccc2OCC(=O)Nc2c(C)cccc2C)cc1. The molecule has 3 N–H and O–H groups in total. The maximum atomic E-state index is 12.4. The molecule has 0 aliphatic rings. The number of anilines is 2. The summed E-state index contributed by atoms with van der Waals surface area (Å²) in [5.41, 5.74) is 7.05. The first-order valence-corrected chi connectivity index (χ1v) is 11.2. The monoisotopic (exact) mass is 472 g/mol. The molecular weight excluding hydrogens is 444 g/mol. The quantitative estimate of drug-likeness (QED) is 0.262. The smallest absolute Gasteiger partial charge is 0.329 e. The molecule has 0 radical (unpaired) electrons. The van der Waals surface area contributed by atoms with Gasteiger partial charge in [0.1, 0.15) is 5.75 Å². The summed E-state index contributed by atoms with van der Waals surface area (Å²) in [5, 5.41) is 9.23. The van der Waals surface area contributed by atoms with Crippen LogP contribution in [0.2, 0.25) is 0 Å². The summed E-state index contributed by atoms with van der Waals surface area (Å²) >= 11 is 0. The molecule has 0 unspecified atom stereocenters. The fraction of sp³-hybridized carbons (Fsp3) is 0.185. The number of ether oxygens (including phenoxy) is 1. The summed E-state index contributed by atoms with van der Waals surface area (Å²) in [5.74, 6) is -1.64. The van der Waals surface area contributed by atoms with Gasteiger partial charge >= 0.3 is 11.8 Å². The number of aryl methyl sites for hydroxylation is 3. The predicted octanol–water partition coefficient (Wildman–Crippen LogP) is 3.97. The van der Waals surface area contributed by atoms with E-state index in [1.807, 2.05) is 51.1 Å². The van der Waals surface area contributed by atoms with Gasteiger partial charge in [0.05, 0.1) is 6.21 Å². The van der Waals surface area contributed by atoms with Gasteiger partial charge in [0.15, 0.2) is 6.61 Å². The van der Waals surface area contributed by atoms with Gasteiger partial charge in [-0.3, -0.25) is 14.4 Å². The lowest BCUT2D eigenvalue weighted by molar-refractivity contribution is -0.136. The summed E-state index contributed by atoms with van der Waals surface area (Å²) in [6, 6.07) is 19.9. The average Bonchev–Trinajstić information content (AvgIpc) is 2.86. The minimum atomic E-state index is -0.910. The maximum absolute atomic E-state index is 12.4. The van der Waals surface area contributed by atoms with E-state index in [0.717, 1.165) is 28.8 Å². The van der Waals surface area contributed by atoms with Crippen molar-refractivity contribution in [2.24, 2.45) is 5.10 Å². The number of benzene rings is 3. The second-order valence-corrected chi connectivity index (χ2v) is 7.85. The van der Waals surface area contributed by atoms with E-state index < -0.39 is 11.8 Å². The number of para-hydroxylation sites is 2.